The molecular formula is C8H19N3O. The first-order valence-corrected chi connectivity index (χ1v) is 4.26. The molecule has 3 N–H and O–H groups in total. The number of carbonyl (C=O) groups excluding carboxylic acids is 1. The Labute approximate surface area is 74.1 Å². The smallest absolute Gasteiger partial charge is 0.218 e. The van der Waals surface area contributed by atoms with E-state index < -0.39 is 0 Å². The van der Waals surface area contributed by atoms with E-state index in [1.54, 1.807) is 0 Å². The summed E-state index contributed by atoms with van der Waals surface area (Å²) in [6, 6.07) is 0. The van der Waals surface area contributed by atoms with Gasteiger partial charge in [-0.25, -0.2) is 0 Å². The molecule has 0 radical (unpaired) electrons. The average Bonchev–Trinajstić information content (AvgIpc) is 1.95. The summed E-state index contributed by atoms with van der Waals surface area (Å²) in [7, 11) is 4.09. The maximum atomic E-state index is 10.3. The van der Waals surface area contributed by atoms with Crippen LogP contribution in [0.2, 0.25) is 0 Å². The molecule has 0 saturated carbocycles. The van der Waals surface area contributed by atoms with Crippen molar-refractivity contribution in [1.29, 1.82) is 0 Å². The molecule has 0 fully saturated rings. The molecule has 1 amide bonds. The molecule has 0 unspecified atom stereocenters. The van der Waals surface area contributed by atoms with Crippen LogP contribution in [0.15, 0.2) is 0 Å². The number of nitrogens with two attached hydrogens (primary N) is 1. The van der Waals surface area contributed by atoms with Crippen molar-refractivity contribution >= 4 is 5.91 Å². The molecule has 4 heteroatoms. The number of nitrogens with one attached hydrogen (secondary N) is 1. The van der Waals surface area contributed by atoms with Crippen LogP contribution in [0, 0.1) is 0 Å². The van der Waals surface area contributed by atoms with Gasteiger partial charge in [-0.3, -0.25) is 4.79 Å². The molecule has 0 aliphatic carbocycles. The standard InChI is InChI=1S/C8H19N3O/c1-11(2)7-3-5-10-6-4-8(9)12/h10H,3-7H2,1-2H3,(H2,9,12). The summed E-state index contributed by atoms with van der Waals surface area (Å²) in [5.41, 5.74) is 4.97. The van der Waals surface area contributed by atoms with Crippen LogP contribution in [0.5, 0.6) is 0 Å². The van der Waals surface area contributed by atoms with E-state index in [9.17, 15) is 4.79 Å². The lowest BCUT2D eigenvalue weighted by Gasteiger charge is -2.08. The van der Waals surface area contributed by atoms with Crippen LogP contribution in [0.4, 0.5) is 0 Å². The molecule has 0 aliphatic rings. The second-order valence-corrected chi connectivity index (χ2v) is 3.12. The van der Waals surface area contributed by atoms with Gasteiger partial charge in [0.1, 0.15) is 0 Å². The van der Waals surface area contributed by atoms with Gasteiger partial charge in [0.2, 0.25) is 5.91 Å². The van der Waals surface area contributed by atoms with Gasteiger partial charge in [0.15, 0.2) is 0 Å². The van der Waals surface area contributed by atoms with Crippen LogP contribution < -0.4 is 11.1 Å². The van der Waals surface area contributed by atoms with E-state index in [-0.39, 0.29) is 5.91 Å². The van der Waals surface area contributed by atoms with Crippen LogP contribution in [0.25, 0.3) is 0 Å². The molecule has 0 aromatic rings. The van der Waals surface area contributed by atoms with Crippen molar-refractivity contribution < 1.29 is 4.79 Å². The van der Waals surface area contributed by atoms with E-state index in [1.807, 2.05) is 14.1 Å². The average molecular weight is 173 g/mol. The van der Waals surface area contributed by atoms with Gasteiger partial charge in [-0.15, -0.1) is 0 Å². The quantitative estimate of drug-likeness (QED) is 0.506. The summed E-state index contributed by atoms with van der Waals surface area (Å²) in [5, 5.41) is 3.14. The third kappa shape index (κ3) is 9.39. The van der Waals surface area contributed by atoms with E-state index in [4.69, 9.17) is 5.73 Å². The topological polar surface area (TPSA) is 58.4 Å². The number of rotatable bonds is 7. The van der Waals surface area contributed by atoms with Gasteiger partial charge >= 0.3 is 0 Å². The molecule has 0 aromatic heterocycles. The van der Waals surface area contributed by atoms with Crippen LogP contribution in [-0.2, 0) is 4.79 Å². The molecule has 0 spiro atoms. The first kappa shape index (κ1) is 11.4. The van der Waals surface area contributed by atoms with Crippen LogP contribution in [0.1, 0.15) is 12.8 Å². The van der Waals surface area contributed by atoms with E-state index in [2.05, 4.69) is 10.2 Å². The van der Waals surface area contributed by atoms with E-state index in [0.717, 1.165) is 19.5 Å². The third-order valence-electron chi connectivity index (χ3n) is 1.51. The lowest BCUT2D eigenvalue weighted by molar-refractivity contribution is -0.117. The van der Waals surface area contributed by atoms with Crippen LogP contribution >= 0.6 is 0 Å². The van der Waals surface area contributed by atoms with Gasteiger partial charge in [-0.2, -0.15) is 0 Å². The van der Waals surface area contributed by atoms with Crippen molar-refractivity contribution in [3.05, 3.63) is 0 Å². The Bertz CT molecular complexity index is 125. The lowest BCUT2D eigenvalue weighted by atomic mass is 10.3. The fourth-order valence-electron chi connectivity index (χ4n) is 0.857. The number of hydrogen-bond acceptors (Lipinski definition) is 3. The van der Waals surface area contributed by atoms with E-state index in [0.29, 0.717) is 13.0 Å². The highest BCUT2D eigenvalue weighted by molar-refractivity contribution is 5.73. The number of nitrogens with zero attached hydrogens (tertiary/aromatic N) is 1. The summed E-state index contributed by atoms with van der Waals surface area (Å²) >= 11 is 0. The van der Waals surface area contributed by atoms with E-state index >= 15 is 0 Å². The molecule has 0 aromatic carbocycles. The first-order chi connectivity index (χ1) is 5.63. The van der Waals surface area contributed by atoms with Gasteiger partial charge in [0.25, 0.3) is 0 Å². The number of amides is 1. The monoisotopic (exact) mass is 173 g/mol. The number of carbonyl (C=O) groups is 1. The molecule has 4 nitrogen and oxygen atoms in total. The second-order valence-electron chi connectivity index (χ2n) is 3.12. The minimum atomic E-state index is -0.241. The summed E-state index contributed by atoms with van der Waals surface area (Å²) in [5.74, 6) is -0.241. The highest BCUT2D eigenvalue weighted by atomic mass is 16.1. The molecule has 0 bridgehead atoms. The van der Waals surface area contributed by atoms with Crippen molar-refractivity contribution in [3.63, 3.8) is 0 Å². The Kier molecular flexibility index (Phi) is 6.70. The normalized spacial score (nSPS) is 10.6. The van der Waals surface area contributed by atoms with Gasteiger partial charge in [-0.1, -0.05) is 0 Å². The zero-order valence-corrected chi connectivity index (χ0v) is 7.97. The largest absolute Gasteiger partial charge is 0.370 e. The molecule has 0 atom stereocenters. The summed E-state index contributed by atoms with van der Waals surface area (Å²) in [6.07, 6.45) is 1.54. The predicted octanol–water partition coefficient (Wildman–Crippen LogP) is -0.597. The summed E-state index contributed by atoms with van der Waals surface area (Å²) in [4.78, 5) is 12.4. The molecule has 0 aliphatic heterocycles. The molecule has 0 saturated heterocycles. The fourth-order valence-corrected chi connectivity index (χ4v) is 0.857. The Morgan fingerprint density at radius 2 is 2.08 bits per heavy atom. The van der Waals surface area contributed by atoms with Crippen molar-refractivity contribution in [3.8, 4) is 0 Å². The van der Waals surface area contributed by atoms with Crippen molar-refractivity contribution in [1.82, 2.24) is 10.2 Å². The maximum Gasteiger partial charge on any atom is 0.218 e. The SMILES string of the molecule is CN(C)CCCNCCC(N)=O. The Morgan fingerprint density at radius 3 is 2.58 bits per heavy atom. The summed E-state index contributed by atoms with van der Waals surface area (Å²) < 4.78 is 0. The zero-order valence-electron chi connectivity index (χ0n) is 7.97. The minimum Gasteiger partial charge on any atom is -0.370 e. The predicted molar refractivity (Wildman–Crippen MR) is 49.9 cm³/mol. The van der Waals surface area contributed by atoms with Gasteiger partial charge < -0.3 is 16.0 Å². The molecule has 12 heavy (non-hydrogen) atoms. The summed E-state index contributed by atoms with van der Waals surface area (Å²) in [6.45, 7) is 2.72. The minimum absolute atomic E-state index is 0.241. The highest BCUT2D eigenvalue weighted by Gasteiger charge is 1.93. The van der Waals surface area contributed by atoms with Crippen LogP contribution in [-0.4, -0.2) is 44.5 Å². The van der Waals surface area contributed by atoms with Crippen LogP contribution in [0.3, 0.4) is 0 Å². The molecule has 0 heterocycles. The number of primary amides is 1. The zero-order chi connectivity index (χ0) is 9.40. The number of hydrogen-bond donors (Lipinski definition) is 2. The van der Waals surface area contributed by atoms with Gasteiger partial charge in [-0.05, 0) is 33.6 Å². The first-order valence-electron chi connectivity index (χ1n) is 4.26. The Morgan fingerprint density at radius 1 is 1.42 bits per heavy atom. The third-order valence-corrected chi connectivity index (χ3v) is 1.51. The Hall–Kier alpha value is -0.610. The Balaban J connectivity index is 2.96. The van der Waals surface area contributed by atoms with Gasteiger partial charge in [0.05, 0.1) is 0 Å². The van der Waals surface area contributed by atoms with Crippen molar-refractivity contribution in [2.45, 2.75) is 12.8 Å². The molecular weight excluding hydrogens is 154 g/mol. The molecule has 0 rings (SSSR count). The van der Waals surface area contributed by atoms with Crippen molar-refractivity contribution in [2.75, 3.05) is 33.7 Å². The highest BCUT2D eigenvalue weighted by Crippen LogP contribution is 1.81. The fraction of sp³-hybridized carbons (Fsp3) is 0.875. The second kappa shape index (κ2) is 7.06. The van der Waals surface area contributed by atoms with Gasteiger partial charge in [0, 0.05) is 13.0 Å². The molecule has 72 valence electrons. The van der Waals surface area contributed by atoms with E-state index in [1.165, 1.54) is 0 Å². The van der Waals surface area contributed by atoms with Crippen molar-refractivity contribution in [2.24, 2.45) is 5.73 Å². The lowest BCUT2D eigenvalue weighted by Crippen LogP contribution is -2.25. The maximum absolute atomic E-state index is 10.3.